The van der Waals surface area contributed by atoms with Gasteiger partial charge in [0.05, 0.1) is 22.7 Å². The summed E-state index contributed by atoms with van der Waals surface area (Å²) < 4.78 is 99.9. The van der Waals surface area contributed by atoms with Gasteiger partial charge >= 0.3 is 6.18 Å². The molecule has 0 N–H and O–H groups in total. The Balaban J connectivity index is 1.83. The highest BCUT2D eigenvalue weighted by Gasteiger charge is 2.36. The summed E-state index contributed by atoms with van der Waals surface area (Å²) in [7, 11) is -4.40. The molecule has 0 amide bonds. The first kappa shape index (κ1) is 22.1. The SMILES string of the molecule is C[C@H]1CN(S(=O)(=O)c2cccc(C(F)(F)F)c2)c2cc(-c3cc(F)cc(F)c3)ccc2O1. The number of nitrogens with zero attached hydrogens (tertiary/aromatic N) is 1. The van der Waals surface area contributed by atoms with Gasteiger partial charge in [-0.1, -0.05) is 12.1 Å². The van der Waals surface area contributed by atoms with Crippen LogP contribution in [0.4, 0.5) is 27.6 Å². The van der Waals surface area contributed by atoms with Crippen LogP contribution in [-0.2, 0) is 16.2 Å². The minimum Gasteiger partial charge on any atom is -0.487 e. The van der Waals surface area contributed by atoms with Gasteiger partial charge in [-0.3, -0.25) is 4.31 Å². The molecule has 0 fully saturated rings. The topological polar surface area (TPSA) is 46.6 Å². The molecule has 0 unspecified atom stereocenters. The number of rotatable bonds is 3. The Morgan fingerprint density at radius 2 is 1.62 bits per heavy atom. The maximum Gasteiger partial charge on any atom is 0.416 e. The lowest BCUT2D eigenvalue weighted by atomic mass is 10.0. The van der Waals surface area contributed by atoms with E-state index >= 15 is 0 Å². The second-order valence-corrected chi connectivity index (χ2v) is 9.19. The minimum atomic E-state index is -4.71. The number of halogens is 5. The van der Waals surface area contributed by atoms with Crippen LogP contribution in [0.1, 0.15) is 12.5 Å². The zero-order valence-electron chi connectivity index (χ0n) is 16.5. The van der Waals surface area contributed by atoms with Crippen molar-refractivity contribution >= 4 is 15.7 Å². The van der Waals surface area contributed by atoms with Crippen LogP contribution in [-0.4, -0.2) is 21.1 Å². The van der Waals surface area contributed by atoms with Crippen molar-refractivity contribution in [2.75, 3.05) is 10.8 Å². The van der Waals surface area contributed by atoms with Crippen LogP contribution >= 0.6 is 0 Å². The third-order valence-electron chi connectivity index (χ3n) is 4.92. The summed E-state index contributed by atoms with van der Waals surface area (Å²) in [5.41, 5.74) is -0.559. The Labute approximate surface area is 180 Å². The third kappa shape index (κ3) is 4.14. The molecule has 0 bridgehead atoms. The molecule has 0 aliphatic carbocycles. The number of sulfonamides is 1. The van der Waals surface area contributed by atoms with Gasteiger partial charge in [-0.15, -0.1) is 0 Å². The molecule has 0 saturated carbocycles. The molecule has 1 aliphatic heterocycles. The molecule has 0 spiro atoms. The second kappa shape index (κ2) is 7.77. The number of benzene rings is 3. The third-order valence-corrected chi connectivity index (χ3v) is 6.70. The first-order valence-corrected chi connectivity index (χ1v) is 10.9. The quantitative estimate of drug-likeness (QED) is 0.468. The highest BCUT2D eigenvalue weighted by atomic mass is 32.2. The molecule has 3 aromatic carbocycles. The maximum absolute atomic E-state index is 13.7. The number of fused-ring (bicyclic) bond motifs is 1. The molecule has 0 aromatic heterocycles. The normalized spacial score (nSPS) is 16.4. The number of ether oxygens (including phenoxy) is 1. The van der Waals surface area contributed by atoms with Crippen LogP contribution < -0.4 is 9.04 Å². The number of alkyl halides is 3. The van der Waals surface area contributed by atoms with Crippen molar-refractivity contribution in [3.8, 4) is 16.9 Å². The van der Waals surface area contributed by atoms with Gasteiger partial charge in [-0.25, -0.2) is 17.2 Å². The summed E-state index contributed by atoms with van der Waals surface area (Å²) in [5.74, 6) is -1.44. The molecule has 4 nitrogen and oxygen atoms in total. The molecule has 3 aromatic rings. The molecular weight excluding hydrogens is 453 g/mol. The molecule has 4 rings (SSSR count). The lowest BCUT2D eigenvalue weighted by Crippen LogP contribution is -2.42. The van der Waals surface area contributed by atoms with Crippen LogP contribution in [0.25, 0.3) is 11.1 Å². The van der Waals surface area contributed by atoms with Crippen molar-refractivity contribution in [3.05, 3.63) is 77.9 Å². The van der Waals surface area contributed by atoms with Crippen LogP contribution in [0.15, 0.2) is 65.6 Å². The van der Waals surface area contributed by atoms with Gasteiger partial charge in [0.2, 0.25) is 0 Å². The molecule has 1 heterocycles. The molecular formula is C22H16F5NO3S. The first-order valence-electron chi connectivity index (χ1n) is 9.42. The van der Waals surface area contributed by atoms with Crippen LogP contribution in [0, 0.1) is 11.6 Å². The van der Waals surface area contributed by atoms with E-state index in [1.54, 1.807) is 6.92 Å². The van der Waals surface area contributed by atoms with Crippen molar-refractivity contribution in [2.45, 2.75) is 24.1 Å². The summed E-state index contributed by atoms with van der Waals surface area (Å²) in [6.45, 7) is 1.46. The Bertz CT molecular complexity index is 1270. The zero-order valence-corrected chi connectivity index (χ0v) is 17.3. The highest BCUT2D eigenvalue weighted by Crippen LogP contribution is 2.40. The highest BCUT2D eigenvalue weighted by molar-refractivity contribution is 7.92. The van der Waals surface area contributed by atoms with Gasteiger partial charge in [-0.2, -0.15) is 13.2 Å². The van der Waals surface area contributed by atoms with Gasteiger partial charge < -0.3 is 4.74 Å². The zero-order chi connectivity index (χ0) is 23.3. The number of hydrogen-bond donors (Lipinski definition) is 0. The van der Waals surface area contributed by atoms with Crippen LogP contribution in [0.5, 0.6) is 5.75 Å². The van der Waals surface area contributed by atoms with Crippen molar-refractivity contribution in [2.24, 2.45) is 0 Å². The molecule has 32 heavy (non-hydrogen) atoms. The largest absolute Gasteiger partial charge is 0.487 e. The van der Waals surface area contributed by atoms with Crippen LogP contribution in [0.2, 0.25) is 0 Å². The average molecular weight is 469 g/mol. The van der Waals surface area contributed by atoms with Crippen molar-refractivity contribution in [1.82, 2.24) is 0 Å². The number of hydrogen-bond acceptors (Lipinski definition) is 3. The standard InChI is InChI=1S/C22H16F5NO3S/c1-13-12-28(32(29,30)19-4-2-3-16(10-19)22(25,26)27)20-9-14(5-6-21(20)31-13)15-7-17(23)11-18(24)8-15/h2-11,13H,12H2,1H3/t13-/m0/s1. The summed E-state index contributed by atoms with van der Waals surface area (Å²) in [5, 5.41) is 0. The lowest BCUT2D eigenvalue weighted by molar-refractivity contribution is -0.137. The van der Waals surface area contributed by atoms with E-state index in [-0.39, 0.29) is 23.5 Å². The average Bonchev–Trinajstić information content (AvgIpc) is 2.71. The van der Waals surface area contributed by atoms with E-state index in [0.717, 1.165) is 34.6 Å². The number of anilines is 1. The fourth-order valence-corrected chi connectivity index (χ4v) is 5.07. The summed E-state index contributed by atoms with van der Waals surface area (Å²) >= 11 is 0. The van der Waals surface area contributed by atoms with Gasteiger partial charge in [0.25, 0.3) is 10.0 Å². The van der Waals surface area contributed by atoms with E-state index in [2.05, 4.69) is 0 Å². The summed E-state index contributed by atoms with van der Waals surface area (Å²) in [4.78, 5) is -0.533. The smallest absolute Gasteiger partial charge is 0.416 e. The Kier molecular flexibility index (Phi) is 5.36. The van der Waals surface area contributed by atoms with Crippen LogP contribution in [0.3, 0.4) is 0 Å². The summed E-state index contributed by atoms with van der Waals surface area (Å²) in [6.07, 6.45) is -5.29. The van der Waals surface area contributed by atoms with E-state index in [1.807, 2.05) is 0 Å². The molecule has 168 valence electrons. The van der Waals surface area contributed by atoms with E-state index in [0.29, 0.717) is 17.7 Å². The van der Waals surface area contributed by atoms with Gasteiger partial charge in [0.1, 0.15) is 23.5 Å². The van der Waals surface area contributed by atoms with E-state index in [9.17, 15) is 30.4 Å². The molecule has 0 radical (unpaired) electrons. The van der Waals surface area contributed by atoms with Gasteiger partial charge in [-0.05, 0) is 60.5 Å². The van der Waals surface area contributed by atoms with E-state index in [1.165, 1.54) is 18.2 Å². The van der Waals surface area contributed by atoms with Crippen molar-refractivity contribution in [1.29, 1.82) is 0 Å². The van der Waals surface area contributed by atoms with E-state index in [4.69, 9.17) is 4.74 Å². The Morgan fingerprint density at radius 1 is 0.938 bits per heavy atom. The predicted molar refractivity (Wildman–Crippen MR) is 108 cm³/mol. The molecule has 10 heteroatoms. The monoisotopic (exact) mass is 469 g/mol. The fourth-order valence-electron chi connectivity index (χ4n) is 3.49. The molecule has 1 aliphatic rings. The van der Waals surface area contributed by atoms with E-state index < -0.39 is 44.4 Å². The fraction of sp³-hybridized carbons (Fsp3) is 0.182. The van der Waals surface area contributed by atoms with Gasteiger partial charge in [0, 0.05) is 6.07 Å². The van der Waals surface area contributed by atoms with Crippen molar-refractivity contribution < 1.29 is 35.1 Å². The van der Waals surface area contributed by atoms with Gasteiger partial charge in [0.15, 0.2) is 0 Å². The predicted octanol–water partition coefficient (Wildman–Crippen LogP) is 5.63. The van der Waals surface area contributed by atoms with Crippen molar-refractivity contribution in [3.63, 3.8) is 0 Å². The maximum atomic E-state index is 13.7. The second-order valence-electron chi connectivity index (χ2n) is 7.33. The first-order chi connectivity index (χ1) is 14.9. The molecule has 1 atom stereocenters. The lowest BCUT2D eigenvalue weighted by Gasteiger charge is -2.34. The Hall–Kier alpha value is -3.14. The minimum absolute atomic E-state index is 0.0580. The molecule has 0 saturated heterocycles. The Morgan fingerprint density at radius 3 is 2.28 bits per heavy atom. The summed E-state index contributed by atoms with van der Waals surface area (Å²) in [6, 6.07) is 10.7.